The summed E-state index contributed by atoms with van der Waals surface area (Å²) in [4.78, 5) is 14.9. The lowest BCUT2D eigenvalue weighted by Crippen LogP contribution is -2.21. The Bertz CT molecular complexity index is 297. The summed E-state index contributed by atoms with van der Waals surface area (Å²) in [6, 6.07) is 0. The fourth-order valence-electron chi connectivity index (χ4n) is 1.59. The van der Waals surface area contributed by atoms with Gasteiger partial charge in [-0.15, -0.1) is 0 Å². The molecule has 0 spiro atoms. The van der Waals surface area contributed by atoms with Gasteiger partial charge in [0.1, 0.15) is 0 Å². The number of aromatic nitrogens is 2. The zero-order valence-corrected chi connectivity index (χ0v) is 10.5. The van der Waals surface area contributed by atoms with Gasteiger partial charge in [0, 0.05) is 32.4 Å². The molecule has 0 bridgehead atoms. The lowest BCUT2D eigenvalue weighted by Gasteiger charge is -2.05. The Morgan fingerprint density at radius 3 is 2.82 bits per heavy atom. The molecule has 0 atom stereocenters. The van der Waals surface area contributed by atoms with Crippen molar-refractivity contribution < 1.29 is 4.79 Å². The van der Waals surface area contributed by atoms with Crippen molar-refractivity contribution in [1.82, 2.24) is 20.2 Å². The Morgan fingerprint density at radius 2 is 2.12 bits per heavy atom. The van der Waals surface area contributed by atoms with Crippen LogP contribution < -0.4 is 10.6 Å². The third kappa shape index (κ3) is 6.73. The number of amides is 1. The highest BCUT2D eigenvalue weighted by atomic mass is 16.1. The summed E-state index contributed by atoms with van der Waals surface area (Å²) in [5, 5.41) is 5.96. The molecular formula is C12H22N4O. The van der Waals surface area contributed by atoms with Crippen molar-refractivity contribution in [3.05, 3.63) is 18.7 Å². The molecule has 0 saturated heterocycles. The molecule has 1 aromatic heterocycles. The van der Waals surface area contributed by atoms with Crippen LogP contribution in [0.3, 0.4) is 0 Å². The Balaban J connectivity index is 1.83. The fraction of sp³-hybridized carbons (Fsp3) is 0.667. The van der Waals surface area contributed by atoms with E-state index >= 15 is 0 Å². The van der Waals surface area contributed by atoms with E-state index in [2.05, 4.69) is 20.2 Å². The molecule has 0 saturated carbocycles. The molecule has 1 amide bonds. The average molecular weight is 238 g/mol. The molecule has 0 aromatic carbocycles. The van der Waals surface area contributed by atoms with Crippen molar-refractivity contribution in [3.8, 4) is 0 Å². The number of aryl methyl sites for hydroxylation is 1. The van der Waals surface area contributed by atoms with Crippen molar-refractivity contribution in [2.45, 2.75) is 32.2 Å². The number of nitrogens with zero attached hydrogens (tertiary/aromatic N) is 2. The minimum absolute atomic E-state index is 0.118. The first-order valence-electron chi connectivity index (χ1n) is 6.20. The quantitative estimate of drug-likeness (QED) is 0.625. The zero-order chi connectivity index (χ0) is 12.3. The van der Waals surface area contributed by atoms with E-state index in [0.717, 1.165) is 38.9 Å². The van der Waals surface area contributed by atoms with Crippen molar-refractivity contribution in [2.24, 2.45) is 0 Å². The normalized spacial score (nSPS) is 10.4. The van der Waals surface area contributed by atoms with Crippen molar-refractivity contribution >= 4 is 5.91 Å². The largest absolute Gasteiger partial charge is 0.359 e. The van der Waals surface area contributed by atoms with Gasteiger partial charge in [-0.2, -0.15) is 0 Å². The summed E-state index contributed by atoms with van der Waals surface area (Å²) < 4.78 is 2.09. The zero-order valence-electron chi connectivity index (χ0n) is 10.5. The van der Waals surface area contributed by atoms with Gasteiger partial charge >= 0.3 is 0 Å². The third-order valence-corrected chi connectivity index (χ3v) is 2.62. The first-order chi connectivity index (χ1) is 8.33. The molecule has 0 fully saturated rings. The highest BCUT2D eigenvalue weighted by molar-refractivity contribution is 5.75. The van der Waals surface area contributed by atoms with Crippen LogP contribution >= 0.6 is 0 Å². The first kappa shape index (κ1) is 13.7. The number of carbonyl (C=O) groups is 1. The Morgan fingerprint density at radius 1 is 1.29 bits per heavy atom. The maximum Gasteiger partial charge on any atom is 0.219 e. The molecule has 5 heteroatoms. The van der Waals surface area contributed by atoms with Gasteiger partial charge in [-0.1, -0.05) is 0 Å². The number of carbonyl (C=O) groups excluding carboxylic acids is 1. The summed E-state index contributed by atoms with van der Waals surface area (Å²) in [7, 11) is 1.67. The molecule has 1 aromatic rings. The summed E-state index contributed by atoms with van der Waals surface area (Å²) in [6.45, 7) is 2.96. The first-order valence-corrected chi connectivity index (χ1v) is 6.20. The minimum Gasteiger partial charge on any atom is -0.359 e. The van der Waals surface area contributed by atoms with Crippen LogP contribution in [-0.4, -0.2) is 35.6 Å². The third-order valence-electron chi connectivity index (χ3n) is 2.62. The molecule has 96 valence electrons. The van der Waals surface area contributed by atoms with Crippen molar-refractivity contribution in [2.75, 3.05) is 20.1 Å². The van der Waals surface area contributed by atoms with Gasteiger partial charge in [-0.3, -0.25) is 4.79 Å². The molecule has 0 aliphatic rings. The molecule has 0 unspecified atom stereocenters. The van der Waals surface area contributed by atoms with Gasteiger partial charge in [0.15, 0.2) is 0 Å². The maximum atomic E-state index is 10.9. The molecule has 1 rings (SSSR count). The average Bonchev–Trinajstić information content (AvgIpc) is 2.85. The van der Waals surface area contributed by atoms with Gasteiger partial charge in [-0.25, -0.2) is 4.98 Å². The Labute approximate surface area is 103 Å². The van der Waals surface area contributed by atoms with Crippen molar-refractivity contribution in [1.29, 1.82) is 0 Å². The summed E-state index contributed by atoms with van der Waals surface area (Å²) in [6.07, 6.45) is 9.45. The number of hydrogen-bond acceptors (Lipinski definition) is 3. The van der Waals surface area contributed by atoms with E-state index in [-0.39, 0.29) is 5.91 Å². The summed E-state index contributed by atoms with van der Waals surface area (Å²) in [5.41, 5.74) is 0. The van der Waals surface area contributed by atoms with E-state index in [1.54, 1.807) is 13.2 Å². The second kappa shape index (κ2) is 8.75. The van der Waals surface area contributed by atoms with Crippen LogP contribution in [0.5, 0.6) is 0 Å². The standard InChI is InChI=1S/C12H22N4O/c1-13-12(17)5-4-7-14-6-2-3-9-16-10-8-15-11-16/h8,10-11,14H,2-7,9H2,1H3,(H,13,17). The van der Waals surface area contributed by atoms with E-state index in [1.807, 2.05) is 12.5 Å². The van der Waals surface area contributed by atoms with Gasteiger partial charge in [0.05, 0.1) is 6.33 Å². The Hall–Kier alpha value is -1.36. The van der Waals surface area contributed by atoms with E-state index in [0.29, 0.717) is 6.42 Å². The molecular weight excluding hydrogens is 216 g/mol. The van der Waals surface area contributed by atoms with Crippen LogP contribution in [0.2, 0.25) is 0 Å². The lowest BCUT2D eigenvalue weighted by atomic mass is 10.2. The predicted molar refractivity (Wildman–Crippen MR) is 67.6 cm³/mol. The second-order valence-electron chi connectivity index (χ2n) is 4.03. The maximum absolute atomic E-state index is 10.9. The molecule has 0 radical (unpaired) electrons. The topological polar surface area (TPSA) is 59.0 Å². The highest BCUT2D eigenvalue weighted by Gasteiger charge is 1.96. The van der Waals surface area contributed by atoms with Crippen LogP contribution in [0.1, 0.15) is 25.7 Å². The number of unbranched alkanes of at least 4 members (excludes halogenated alkanes) is 1. The molecule has 17 heavy (non-hydrogen) atoms. The fourth-order valence-corrected chi connectivity index (χ4v) is 1.59. The van der Waals surface area contributed by atoms with Gasteiger partial charge in [0.2, 0.25) is 5.91 Å². The summed E-state index contributed by atoms with van der Waals surface area (Å²) in [5.74, 6) is 0.118. The van der Waals surface area contributed by atoms with Crippen LogP contribution in [0, 0.1) is 0 Å². The molecule has 5 nitrogen and oxygen atoms in total. The van der Waals surface area contributed by atoms with Gasteiger partial charge in [-0.05, 0) is 32.4 Å². The molecule has 0 aliphatic heterocycles. The van der Waals surface area contributed by atoms with Gasteiger partial charge in [0.25, 0.3) is 0 Å². The predicted octanol–water partition coefficient (Wildman–Crippen LogP) is 0.779. The number of hydrogen-bond donors (Lipinski definition) is 2. The van der Waals surface area contributed by atoms with E-state index < -0.39 is 0 Å². The van der Waals surface area contributed by atoms with E-state index in [4.69, 9.17) is 0 Å². The molecule has 0 aliphatic carbocycles. The lowest BCUT2D eigenvalue weighted by molar-refractivity contribution is -0.120. The minimum atomic E-state index is 0.118. The number of imidazole rings is 1. The Kier molecular flexibility index (Phi) is 7.06. The molecule has 1 heterocycles. The molecule has 2 N–H and O–H groups in total. The second-order valence-corrected chi connectivity index (χ2v) is 4.03. The van der Waals surface area contributed by atoms with Gasteiger partial charge < -0.3 is 15.2 Å². The van der Waals surface area contributed by atoms with Crippen LogP contribution in [0.4, 0.5) is 0 Å². The van der Waals surface area contributed by atoms with Crippen LogP contribution in [0.25, 0.3) is 0 Å². The summed E-state index contributed by atoms with van der Waals surface area (Å²) >= 11 is 0. The highest BCUT2D eigenvalue weighted by Crippen LogP contribution is 1.94. The van der Waals surface area contributed by atoms with Crippen molar-refractivity contribution in [3.63, 3.8) is 0 Å². The van der Waals surface area contributed by atoms with Crippen LogP contribution in [0.15, 0.2) is 18.7 Å². The van der Waals surface area contributed by atoms with E-state index in [1.165, 1.54) is 0 Å². The number of nitrogens with one attached hydrogen (secondary N) is 2. The van der Waals surface area contributed by atoms with Crippen LogP contribution in [-0.2, 0) is 11.3 Å². The SMILES string of the molecule is CNC(=O)CCCNCCCCn1ccnc1. The smallest absolute Gasteiger partial charge is 0.219 e. The monoisotopic (exact) mass is 238 g/mol. The van der Waals surface area contributed by atoms with E-state index in [9.17, 15) is 4.79 Å². The number of rotatable bonds is 9.